The van der Waals surface area contributed by atoms with Gasteiger partial charge in [-0.25, -0.2) is 0 Å². The number of rotatable bonds is 13. The van der Waals surface area contributed by atoms with Crippen molar-refractivity contribution in [2.75, 3.05) is 26.2 Å². The second-order valence-corrected chi connectivity index (χ2v) is 11.8. The van der Waals surface area contributed by atoms with Crippen molar-refractivity contribution in [3.8, 4) is 0 Å². The predicted molar refractivity (Wildman–Crippen MR) is 183 cm³/mol. The molecule has 2 amide bonds. The minimum atomic E-state index is -0.451. The van der Waals surface area contributed by atoms with Crippen LogP contribution in [-0.2, 0) is 16.0 Å². The van der Waals surface area contributed by atoms with Gasteiger partial charge in [0.15, 0.2) is 12.2 Å². The smallest absolute Gasteiger partial charge is 0.239 e. The zero-order valence-electron chi connectivity index (χ0n) is 26.0. The maximum Gasteiger partial charge on any atom is 0.239 e. The zero-order valence-corrected chi connectivity index (χ0v) is 26.0. The third-order valence-corrected chi connectivity index (χ3v) is 8.62. The van der Waals surface area contributed by atoms with E-state index in [2.05, 4.69) is 39.9 Å². The summed E-state index contributed by atoms with van der Waals surface area (Å²) in [6.07, 6.45) is 2.77. The van der Waals surface area contributed by atoms with E-state index in [0.29, 0.717) is 56.6 Å². The van der Waals surface area contributed by atoms with Crippen LogP contribution in [0.15, 0.2) is 102 Å². The topological polar surface area (TPSA) is 143 Å². The Balaban J connectivity index is 1.29. The van der Waals surface area contributed by atoms with Crippen LogP contribution in [-0.4, -0.2) is 67.2 Å². The normalized spacial score (nSPS) is 16.6. The van der Waals surface area contributed by atoms with Gasteiger partial charge in [0.1, 0.15) is 0 Å². The van der Waals surface area contributed by atoms with Crippen LogP contribution in [0.1, 0.15) is 52.2 Å². The van der Waals surface area contributed by atoms with Gasteiger partial charge in [-0.3, -0.25) is 19.4 Å². The van der Waals surface area contributed by atoms with Crippen molar-refractivity contribution >= 4 is 34.8 Å². The summed E-state index contributed by atoms with van der Waals surface area (Å²) in [5.41, 5.74) is 14.6. The number of aldehydes is 1. The minimum Gasteiger partial charge on any atom is -0.370 e. The van der Waals surface area contributed by atoms with Crippen LogP contribution in [0, 0.1) is 0 Å². The molecule has 4 aromatic rings. The maximum atomic E-state index is 14.0. The van der Waals surface area contributed by atoms with Crippen molar-refractivity contribution in [2.24, 2.45) is 16.5 Å². The average molecular weight is 619 g/mol. The zero-order chi connectivity index (χ0) is 32.3. The standard InChI is InChI=1S/C37H42N6O3/c38-37(39)40-20-9-16-34-36(46)43(24-32(26-10-3-1-4-11-26)27-12-5-2-6-13-27)21-19-30(42-34)23-41-35(45)22-29-18-17-28-14-7-8-15-31(28)33(29)25-44/h1-8,10-15,17-18,25,30,32,34,42H,9,16,19-24H2,(H,41,45)(H4,38,39,40)/t30-,34-/m0/s1. The first-order valence-corrected chi connectivity index (χ1v) is 15.9. The first kappa shape index (κ1) is 32.4. The number of amides is 2. The SMILES string of the molecule is NC(N)=NCCC[C@@H]1N[C@H](CNC(=O)Cc2ccc3ccccc3c2C=O)CCN(CC(c2ccccc2)c2ccccc2)C1=O. The second-order valence-electron chi connectivity index (χ2n) is 11.8. The van der Waals surface area contributed by atoms with Crippen LogP contribution < -0.4 is 22.1 Å². The van der Waals surface area contributed by atoms with Gasteiger partial charge in [0.2, 0.25) is 11.8 Å². The molecule has 1 aliphatic heterocycles. The Kier molecular flexibility index (Phi) is 11.1. The number of aliphatic imine (C=N–C) groups is 1. The van der Waals surface area contributed by atoms with Crippen molar-refractivity contribution in [1.82, 2.24) is 15.5 Å². The summed E-state index contributed by atoms with van der Waals surface area (Å²) in [4.78, 5) is 45.2. The Hall–Kier alpha value is -5.02. The molecule has 9 nitrogen and oxygen atoms in total. The molecule has 0 bridgehead atoms. The van der Waals surface area contributed by atoms with Gasteiger partial charge in [-0.05, 0) is 46.7 Å². The molecule has 1 saturated heterocycles. The van der Waals surface area contributed by atoms with Crippen LogP contribution in [0.5, 0.6) is 0 Å². The molecule has 1 heterocycles. The number of carbonyl (C=O) groups is 3. The van der Waals surface area contributed by atoms with E-state index >= 15 is 0 Å². The highest BCUT2D eigenvalue weighted by molar-refractivity contribution is 6.00. The molecule has 1 aliphatic rings. The molecule has 2 atom stereocenters. The van der Waals surface area contributed by atoms with Crippen LogP contribution in [0.4, 0.5) is 0 Å². The van der Waals surface area contributed by atoms with E-state index in [4.69, 9.17) is 11.5 Å². The van der Waals surface area contributed by atoms with Gasteiger partial charge in [-0.2, -0.15) is 0 Å². The molecule has 5 rings (SSSR count). The fourth-order valence-corrected chi connectivity index (χ4v) is 6.23. The number of nitrogens with one attached hydrogen (secondary N) is 2. The molecule has 6 N–H and O–H groups in total. The molecule has 0 spiro atoms. The van der Waals surface area contributed by atoms with Gasteiger partial charge in [-0.1, -0.05) is 97.1 Å². The van der Waals surface area contributed by atoms with Crippen LogP contribution in [0.3, 0.4) is 0 Å². The predicted octanol–water partition coefficient (Wildman–Crippen LogP) is 3.76. The lowest BCUT2D eigenvalue weighted by Gasteiger charge is -2.29. The van der Waals surface area contributed by atoms with Gasteiger partial charge in [0.05, 0.1) is 12.5 Å². The summed E-state index contributed by atoms with van der Waals surface area (Å²) in [6, 6.07) is 31.4. The number of guanidine groups is 1. The Morgan fingerprint density at radius 3 is 2.30 bits per heavy atom. The van der Waals surface area contributed by atoms with E-state index in [0.717, 1.165) is 28.2 Å². The fourth-order valence-electron chi connectivity index (χ4n) is 6.23. The molecule has 0 unspecified atom stereocenters. The molecular weight excluding hydrogens is 576 g/mol. The lowest BCUT2D eigenvalue weighted by atomic mass is 9.90. The number of fused-ring (bicyclic) bond motifs is 1. The molecule has 0 radical (unpaired) electrons. The van der Waals surface area contributed by atoms with Gasteiger partial charge in [-0.15, -0.1) is 0 Å². The number of nitrogens with two attached hydrogens (primary N) is 2. The first-order valence-electron chi connectivity index (χ1n) is 15.9. The van der Waals surface area contributed by atoms with Crippen molar-refractivity contribution in [1.29, 1.82) is 0 Å². The molecule has 46 heavy (non-hydrogen) atoms. The quantitative estimate of drug-likeness (QED) is 0.0778. The lowest BCUT2D eigenvalue weighted by molar-refractivity contribution is -0.133. The van der Waals surface area contributed by atoms with Crippen molar-refractivity contribution in [3.05, 3.63) is 119 Å². The third kappa shape index (κ3) is 8.37. The van der Waals surface area contributed by atoms with Crippen molar-refractivity contribution in [3.63, 3.8) is 0 Å². The van der Waals surface area contributed by atoms with E-state index < -0.39 is 6.04 Å². The summed E-state index contributed by atoms with van der Waals surface area (Å²) in [6.45, 7) is 1.87. The average Bonchev–Trinajstić information content (AvgIpc) is 3.23. The number of carbonyl (C=O) groups excluding carboxylic acids is 3. The molecule has 1 fully saturated rings. The first-order chi connectivity index (χ1) is 22.4. The van der Waals surface area contributed by atoms with Crippen LogP contribution in [0.25, 0.3) is 10.8 Å². The summed E-state index contributed by atoms with van der Waals surface area (Å²) in [5.74, 6) is -0.105. The number of hydrogen-bond acceptors (Lipinski definition) is 5. The molecule has 4 aromatic carbocycles. The largest absolute Gasteiger partial charge is 0.370 e. The Bertz CT molecular complexity index is 1620. The second kappa shape index (κ2) is 15.8. The van der Waals surface area contributed by atoms with E-state index in [1.807, 2.05) is 77.7 Å². The highest BCUT2D eigenvalue weighted by atomic mass is 16.2. The van der Waals surface area contributed by atoms with Gasteiger partial charge in [0, 0.05) is 43.7 Å². The van der Waals surface area contributed by atoms with Gasteiger partial charge >= 0.3 is 0 Å². The van der Waals surface area contributed by atoms with Crippen molar-refractivity contribution in [2.45, 2.75) is 43.7 Å². The van der Waals surface area contributed by atoms with E-state index in [1.165, 1.54) is 0 Å². The fraction of sp³-hybridized carbons (Fsp3) is 0.297. The summed E-state index contributed by atoms with van der Waals surface area (Å²) in [7, 11) is 0. The molecule has 238 valence electrons. The molecular formula is C37H42N6O3. The molecule has 0 aliphatic carbocycles. The summed E-state index contributed by atoms with van der Waals surface area (Å²) in [5, 5.41) is 8.37. The molecule has 0 aromatic heterocycles. The van der Waals surface area contributed by atoms with E-state index in [-0.39, 0.29) is 36.2 Å². The Morgan fingerprint density at radius 1 is 0.957 bits per heavy atom. The Morgan fingerprint density at radius 2 is 1.63 bits per heavy atom. The highest BCUT2D eigenvalue weighted by Gasteiger charge is 2.32. The van der Waals surface area contributed by atoms with E-state index in [1.54, 1.807) is 0 Å². The summed E-state index contributed by atoms with van der Waals surface area (Å²) < 4.78 is 0. The molecule has 0 saturated carbocycles. The van der Waals surface area contributed by atoms with E-state index in [9.17, 15) is 14.4 Å². The van der Waals surface area contributed by atoms with Crippen molar-refractivity contribution < 1.29 is 14.4 Å². The highest BCUT2D eigenvalue weighted by Crippen LogP contribution is 2.27. The van der Waals surface area contributed by atoms with Gasteiger partial charge in [0.25, 0.3) is 0 Å². The number of hydrogen-bond donors (Lipinski definition) is 4. The number of benzene rings is 4. The molecule has 9 heteroatoms. The summed E-state index contributed by atoms with van der Waals surface area (Å²) >= 11 is 0. The monoisotopic (exact) mass is 618 g/mol. The van der Waals surface area contributed by atoms with Gasteiger partial charge < -0.3 is 27.0 Å². The Labute approximate surface area is 270 Å². The minimum absolute atomic E-state index is 0.0128. The number of nitrogens with zero attached hydrogens (tertiary/aromatic N) is 2. The van der Waals surface area contributed by atoms with Crippen LogP contribution in [0.2, 0.25) is 0 Å². The van der Waals surface area contributed by atoms with Crippen LogP contribution >= 0.6 is 0 Å². The maximum absolute atomic E-state index is 14.0. The lowest BCUT2D eigenvalue weighted by Crippen LogP contribution is -2.49. The third-order valence-electron chi connectivity index (χ3n) is 8.62.